The van der Waals surface area contributed by atoms with Gasteiger partial charge in [0, 0.05) is 32.0 Å². The summed E-state index contributed by atoms with van der Waals surface area (Å²) in [5, 5.41) is 0. The molecule has 0 saturated carbocycles. The Morgan fingerprint density at radius 2 is 1.90 bits per heavy atom. The summed E-state index contributed by atoms with van der Waals surface area (Å²) in [4.78, 5) is 18.6. The fraction of sp³-hybridized carbons (Fsp3) is 0.429. The van der Waals surface area contributed by atoms with Crippen LogP contribution in [0.1, 0.15) is 41.3 Å². The maximum Gasteiger partial charge on any atom is 0.409 e. The molecule has 29 heavy (non-hydrogen) atoms. The van der Waals surface area contributed by atoms with E-state index >= 15 is 0 Å². The lowest BCUT2D eigenvalue weighted by Gasteiger charge is -2.29. The number of amides is 1. The first-order valence-electron chi connectivity index (χ1n) is 9.57. The number of nitrogens with zero attached hydrogens (tertiary/aromatic N) is 2. The molecule has 2 aliphatic rings. The first-order valence-corrected chi connectivity index (χ1v) is 10.7. The summed E-state index contributed by atoms with van der Waals surface area (Å²) in [5.41, 5.74) is 5.88. The Kier molecular flexibility index (Phi) is 5.83. The minimum Gasteiger partial charge on any atom is -0.445 e. The molecule has 1 aromatic carbocycles. The highest BCUT2D eigenvalue weighted by molar-refractivity contribution is 6.67. The maximum atomic E-state index is 12.3. The van der Waals surface area contributed by atoms with Crippen LogP contribution in [-0.4, -0.2) is 39.5 Å². The highest BCUT2D eigenvalue weighted by Crippen LogP contribution is 2.38. The van der Waals surface area contributed by atoms with Crippen molar-refractivity contribution in [3.8, 4) is 0 Å². The van der Waals surface area contributed by atoms with E-state index < -0.39 is 9.89 Å². The van der Waals surface area contributed by atoms with Gasteiger partial charge in [0.05, 0.1) is 0 Å². The second-order valence-electron chi connectivity index (χ2n) is 7.30. The van der Waals surface area contributed by atoms with E-state index in [-0.39, 0.29) is 6.61 Å². The van der Waals surface area contributed by atoms with Crippen LogP contribution in [0.2, 0.25) is 0 Å². The zero-order valence-corrected chi connectivity index (χ0v) is 18.3. The van der Waals surface area contributed by atoms with E-state index in [1.807, 2.05) is 6.92 Å². The smallest absolute Gasteiger partial charge is 0.409 e. The largest absolute Gasteiger partial charge is 0.445 e. The molecule has 0 atom stereocenters. The number of aromatic nitrogens is 1. The number of carbonyl (C=O) groups excluding carboxylic acids is 1. The summed E-state index contributed by atoms with van der Waals surface area (Å²) < 4.78 is 9.40. The topological polar surface area (TPSA) is 55.6 Å². The molecule has 0 unspecified atom stereocenters. The van der Waals surface area contributed by atoms with Crippen LogP contribution in [0.4, 0.5) is 4.79 Å². The van der Waals surface area contributed by atoms with Gasteiger partial charge in [-0.1, -0.05) is 64.6 Å². The minimum atomic E-state index is -1.61. The van der Waals surface area contributed by atoms with Gasteiger partial charge < -0.3 is 14.1 Å². The first-order chi connectivity index (χ1) is 13.8. The molecule has 0 bridgehead atoms. The van der Waals surface area contributed by atoms with Crippen molar-refractivity contribution in [2.24, 2.45) is 0 Å². The average molecular weight is 456 g/mol. The van der Waals surface area contributed by atoms with Crippen molar-refractivity contribution in [3.05, 3.63) is 58.3 Å². The molecule has 2 aromatic rings. The molecule has 1 fully saturated rings. The van der Waals surface area contributed by atoms with Crippen LogP contribution in [0.5, 0.6) is 0 Å². The van der Waals surface area contributed by atoms with Crippen LogP contribution in [0, 0.1) is 6.92 Å². The quantitative estimate of drug-likeness (QED) is 0.534. The Bertz CT molecular complexity index is 952. The van der Waals surface area contributed by atoms with E-state index in [2.05, 4.69) is 24.3 Å². The number of fused-ring (bicyclic) bond motifs is 2. The molecule has 1 saturated heterocycles. The number of halogens is 3. The van der Waals surface area contributed by atoms with Gasteiger partial charge in [-0.25, -0.2) is 9.78 Å². The van der Waals surface area contributed by atoms with Gasteiger partial charge in [-0.15, -0.1) is 0 Å². The van der Waals surface area contributed by atoms with Crippen LogP contribution >= 0.6 is 34.8 Å². The molecule has 2 heterocycles. The number of aryl methyl sites for hydroxylation is 3. The van der Waals surface area contributed by atoms with Crippen LogP contribution in [-0.2, 0) is 17.6 Å². The fourth-order valence-corrected chi connectivity index (χ4v) is 4.16. The Labute approximate surface area is 184 Å². The number of rotatable bonds is 1. The number of benzene rings is 1. The molecule has 1 amide bonds. The predicted octanol–water partition coefficient (Wildman–Crippen LogP) is 5.49. The number of alkyl halides is 3. The van der Waals surface area contributed by atoms with Crippen molar-refractivity contribution in [3.63, 3.8) is 0 Å². The van der Waals surface area contributed by atoms with Gasteiger partial charge >= 0.3 is 6.09 Å². The van der Waals surface area contributed by atoms with Crippen molar-refractivity contribution >= 4 is 46.5 Å². The Hall–Kier alpha value is -1.69. The third-order valence-electron chi connectivity index (χ3n) is 5.29. The monoisotopic (exact) mass is 454 g/mol. The van der Waals surface area contributed by atoms with Gasteiger partial charge in [0.25, 0.3) is 0 Å². The number of hydrogen-bond acceptors (Lipinski definition) is 4. The summed E-state index contributed by atoms with van der Waals surface area (Å²) in [7, 11) is 0. The normalized spacial score (nSPS) is 16.9. The highest BCUT2D eigenvalue weighted by atomic mass is 35.6. The zero-order chi connectivity index (χ0) is 20.6. The number of oxazole rings is 1. The molecule has 1 aliphatic heterocycles. The molecule has 0 radical (unpaired) electrons. The summed E-state index contributed by atoms with van der Waals surface area (Å²) >= 11 is 17.0. The van der Waals surface area contributed by atoms with Crippen molar-refractivity contribution in [1.82, 2.24) is 9.88 Å². The Balaban J connectivity index is 1.60. The maximum absolute atomic E-state index is 12.3. The minimum absolute atomic E-state index is 0.268. The SMILES string of the molecule is Cc1nc2c(o1)CCc1ccccc1C2=C1CCN(C(=O)OCC(Cl)(Cl)Cl)CC1. The van der Waals surface area contributed by atoms with E-state index in [0.29, 0.717) is 19.0 Å². The Morgan fingerprint density at radius 1 is 1.17 bits per heavy atom. The second kappa shape index (κ2) is 8.21. The van der Waals surface area contributed by atoms with Gasteiger partial charge in [0.1, 0.15) is 18.1 Å². The lowest BCUT2D eigenvalue weighted by molar-refractivity contribution is 0.101. The number of ether oxygens (including phenoxy) is 1. The summed E-state index contributed by atoms with van der Waals surface area (Å²) in [6, 6.07) is 8.44. The van der Waals surface area contributed by atoms with Crippen molar-refractivity contribution in [1.29, 1.82) is 0 Å². The molecule has 154 valence electrons. The number of carbonyl (C=O) groups is 1. The van der Waals surface area contributed by atoms with Gasteiger partial charge in [-0.3, -0.25) is 0 Å². The number of likely N-dealkylation sites (tertiary alicyclic amines) is 1. The van der Waals surface area contributed by atoms with E-state index in [0.717, 1.165) is 42.7 Å². The standard InChI is InChI=1S/C21H21Cl3N2O3/c1-13-25-19-17(29-13)7-6-14-4-2-3-5-16(14)18(19)15-8-10-26(11-9-15)20(27)28-12-21(22,23)24/h2-5H,6-12H2,1H3. The average Bonchev–Trinajstić information content (AvgIpc) is 2.98. The number of piperidine rings is 1. The summed E-state index contributed by atoms with van der Waals surface area (Å²) in [6.45, 7) is 2.71. The first kappa shape index (κ1) is 20.6. The lowest BCUT2D eigenvalue weighted by Crippen LogP contribution is -2.38. The van der Waals surface area contributed by atoms with E-state index in [9.17, 15) is 4.79 Å². The highest BCUT2D eigenvalue weighted by Gasteiger charge is 2.30. The van der Waals surface area contributed by atoms with Crippen molar-refractivity contribution < 1.29 is 13.9 Å². The van der Waals surface area contributed by atoms with Crippen molar-refractivity contribution in [2.45, 2.75) is 36.4 Å². The molecule has 4 rings (SSSR count). The molecule has 0 spiro atoms. The van der Waals surface area contributed by atoms with Crippen LogP contribution in [0.15, 0.2) is 34.3 Å². The second-order valence-corrected chi connectivity index (χ2v) is 9.81. The molecule has 8 heteroatoms. The van der Waals surface area contributed by atoms with Crippen molar-refractivity contribution in [2.75, 3.05) is 19.7 Å². The predicted molar refractivity (Wildman–Crippen MR) is 114 cm³/mol. The van der Waals surface area contributed by atoms with Gasteiger partial charge in [0.2, 0.25) is 3.79 Å². The van der Waals surface area contributed by atoms with Crippen LogP contribution in [0.3, 0.4) is 0 Å². The molecule has 1 aliphatic carbocycles. The fourth-order valence-electron chi connectivity index (χ4n) is 3.99. The van der Waals surface area contributed by atoms with E-state index in [1.165, 1.54) is 16.7 Å². The lowest BCUT2D eigenvalue weighted by atomic mass is 9.89. The molecule has 5 nitrogen and oxygen atoms in total. The third kappa shape index (κ3) is 4.57. The van der Waals surface area contributed by atoms with E-state index in [1.54, 1.807) is 4.90 Å². The van der Waals surface area contributed by atoms with Gasteiger partial charge in [-0.05, 0) is 30.4 Å². The third-order valence-corrected chi connectivity index (χ3v) is 5.61. The molecule has 1 aromatic heterocycles. The van der Waals surface area contributed by atoms with Gasteiger partial charge in [-0.2, -0.15) is 0 Å². The van der Waals surface area contributed by atoms with Crippen LogP contribution < -0.4 is 0 Å². The zero-order valence-electron chi connectivity index (χ0n) is 16.0. The summed E-state index contributed by atoms with van der Waals surface area (Å²) in [6.07, 6.45) is 2.76. The molecular formula is C21H21Cl3N2O3. The number of hydrogen-bond donors (Lipinski definition) is 0. The summed E-state index contributed by atoms with van der Waals surface area (Å²) in [5.74, 6) is 1.62. The van der Waals surface area contributed by atoms with Gasteiger partial charge in [0.15, 0.2) is 5.89 Å². The Morgan fingerprint density at radius 3 is 2.62 bits per heavy atom. The van der Waals surface area contributed by atoms with E-state index in [4.69, 9.17) is 48.9 Å². The molecular weight excluding hydrogens is 435 g/mol. The molecule has 0 N–H and O–H groups in total. The van der Waals surface area contributed by atoms with Crippen LogP contribution in [0.25, 0.3) is 5.57 Å².